The molecule has 0 aromatic carbocycles. The van der Waals surface area contributed by atoms with E-state index in [1.165, 1.54) is 32.1 Å². The molecule has 0 N–H and O–H groups in total. The highest BCUT2D eigenvalue weighted by Crippen LogP contribution is 2.36. The first kappa shape index (κ1) is 22.5. The van der Waals surface area contributed by atoms with Gasteiger partial charge in [0.2, 0.25) is 0 Å². The van der Waals surface area contributed by atoms with Crippen LogP contribution in [-0.4, -0.2) is 30.6 Å². The second-order valence-electron chi connectivity index (χ2n) is 5.40. The molecule has 0 heterocycles. The molecule has 0 radical (unpaired) electrons. The van der Waals surface area contributed by atoms with Crippen LogP contribution in [0, 0.1) is 5.92 Å². The standard InChI is InChI=1S/C17H34Cl2O3/c1-5-9-10-11-12-13-14-15(16(18)19)17(20-6-2,21-7-3)22-8-4/h15-16H,5-14H2,1-4H3. The van der Waals surface area contributed by atoms with Crippen LogP contribution < -0.4 is 0 Å². The van der Waals surface area contributed by atoms with Crippen molar-refractivity contribution in [2.24, 2.45) is 5.92 Å². The molecule has 0 fully saturated rings. The Morgan fingerprint density at radius 1 is 0.727 bits per heavy atom. The largest absolute Gasteiger partial charge is 0.327 e. The molecule has 134 valence electrons. The molecule has 0 spiro atoms. The summed E-state index contributed by atoms with van der Waals surface area (Å²) in [6.45, 7) is 9.47. The highest BCUT2D eigenvalue weighted by molar-refractivity contribution is 6.44. The van der Waals surface area contributed by atoms with Crippen molar-refractivity contribution in [1.29, 1.82) is 0 Å². The van der Waals surface area contributed by atoms with Gasteiger partial charge in [-0.15, -0.1) is 23.2 Å². The van der Waals surface area contributed by atoms with Crippen molar-refractivity contribution < 1.29 is 14.2 Å². The van der Waals surface area contributed by atoms with Crippen molar-refractivity contribution in [3.05, 3.63) is 0 Å². The Bertz CT molecular complexity index is 233. The summed E-state index contributed by atoms with van der Waals surface area (Å²) in [5.41, 5.74) is 0. The van der Waals surface area contributed by atoms with Gasteiger partial charge in [0.25, 0.3) is 5.97 Å². The predicted octanol–water partition coefficient (Wildman–Crippen LogP) is 5.92. The van der Waals surface area contributed by atoms with Gasteiger partial charge in [0, 0.05) is 19.8 Å². The Hall–Kier alpha value is 0.460. The lowest BCUT2D eigenvalue weighted by molar-refractivity contribution is -0.400. The normalized spacial score (nSPS) is 13.8. The molecule has 0 rings (SSSR count). The molecule has 1 unspecified atom stereocenters. The van der Waals surface area contributed by atoms with E-state index in [0.29, 0.717) is 19.8 Å². The van der Waals surface area contributed by atoms with Crippen LogP contribution in [0.15, 0.2) is 0 Å². The van der Waals surface area contributed by atoms with Gasteiger partial charge in [-0.3, -0.25) is 0 Å². The molecule has 0 aliphatic carbocycles. The lowest BCUT2D eigenvalue weighted by atomic mass is 9.99. The molecule has 0 saturated carbocycles. The maximum absolute atomic E-state index is 6.22. The van der Waals surface area contributed by atoms with Gasteiger partial charge >= 0.3 is 0 Å². The van der Waals surface area contributed by atoms with Gasteiger partial charge in [0.1, 0.15) is 4.84 Å². The molecule has 0 saturated heterocycles. The third kappa shape index (κ3) is 8.35. The number of hydrogen-bond donors (Lipinski definition) is 0. The van der Waals surface area contributed by atoms with Crippen molar-refractivity contribution in [3.8, 4) is 0 Å². The number of halogens is 2. The Kier molecular flexibility index (Phi) is 14.1. The summed E-state index contributed by atoms with van der Waals surface area (Å²) >= 11 is 12.4. The van der Waals surface area contributed by atoms with Gasteiger partial charge in [0.15, 0.2) is 0 Å². The fraction of sp³-hybridized carbons (Fsp3) is 1.00. The van der Waals surface area contributed by atoms with E-state index in [1.54, 1.807) is 0 Å². The monoisotopic (exact) mass is 356 g/mol. The van der Waals surface area contributed by atoms with Crippen molar-refractivity contribution >= 4 is 23.2 Å². The van der Waals surface area contributed by atoms with Crippen molar-refractivity contribution in [1.82, 2.24) is 0 Å². The number of unbranched alkanes of at least 4 members (excludes halogenated alkanes) is 5. The quantitative estimate of drug-likeness (QED) is 0.207. The van der Waals surface area contributed by atoms with Crippen molar-refractivity contribution in [2.75, 3.05) is 19.8 Å². The average molecular weight is 357 g/mol. The summed E-state index contributed by atoms with van der Waals surface area (Å²) in [5.74, 6) is -1.32. The van der Waals surface area contributed by atoms with Crippen LogP contribution in [0.2, 0.25) is 0 Å². The molecule has 3 nitrogen and oxygen atoms in total. The van der Waals surface area contributed by atoms with Gasteiger partial charge in [-0.2, -0.15) is 0 Å². The molecule has 1 atom stereocenters. The third-order valence-corrected chi connectivity index (χ3v) is 4.27. The van der Waals surface area contributed by atoms with E-state index < -0.39 is 10.8 Å². The highest BCUT2D eigenvalue weighted by atomic mass is 35.5. The van der Waals surface area contributed by atoms with Crippen LogP contribution in [-0.2, 0) is 14.2 Å². The number of rotatable bonds is 15. The molecule has 5 heteroatoms. The molecular weight excluding hydrogens is 323 g/mol. The Balaban J connectivity index is 4.67. The zero-order chi connectivity index (χ0) is 16.8. The van der Waals surface area contributed by atoms with E-state index in [1.807, 2.05) is 20.8 Å². The van der Waals surface area contributed by atoms with Crippen LogP contribution in [0.25, 0.3) is 0 Å². The minimum atomic E-state index is -1.13. The van der Waals surface area contributed by atoms with E-state index in [0.717, 1.165) is 12.8 Å². The minimum absolute atomic E-state index is 0.193. The second-order valence-corrected chi connectivity index (χ2v) is 6.56. The molecule has 22 heavy (non-hydrogen) atoms. The number of alkyl halides is 2. The first-order chi connectivity index (χ1) is 10.6. The maximum atomic E-state index is 6.22. The van der Waals surface area contributed by atoms with Gasteiger partial charge < -0.3 is 14.2 Å². The lowest BCUT2D eigenvalue weighted by Gasteiger charge is -2.39. The predicted molar refractivity (Wildman–Crippen MR) is 94.6 cm³/mol. The average Bonchev–Trinajstić information content (AvgIpc) is 2.46. The van der Waals surface area contributed by atoms with Crippen molar-refractivity contribution in [2.45, 2.75) is 83.5 Å². The van der Waals surface area contributed by atoms with E-state index in [2.05, 4.69) is 6.92 Å². The molecular formula is C17H34Cl2O3. The van der Waals surface area contributed by atoms with Crippen LogP contribution in [0.3, 0.4) is 0 Å². The molecule has 0 amide bonds. The molecule has 0 aliphatic rings. The lowest BCUT2D eigenvalue weighted by Crippen LogP contribution is -2.49. The van der Waals surface area contributed by atoms with Gasteiger partial charge in [-0.05, 0) is 27.2 Å². The minimum Gasteiger partial charge on any atom is -0.327 e. The summed E-state index contributed by atoms with van der Waals surface area (Å²) in [6.07, 6.45) is 8.18. The molecule has 0 aromatic heterocycles. The maximum Gasteiger partial charge on any atom is 0.288 e. The first-order valence-electron chi connectivity index (χ1n) is 8.77. The topological polar surface area (TPSA) is 27.7 Å². The Morgan fingerprint density at radius 2 is 1.18 bits per heavy atom. The van der Waals surface area contributed by atoms with Crippen LogP contribution in [0.5, 0.6) is 0 Å². The molecule has 0 bridgehead atoms. The second kappa shape index (κ2) is 13.9. The van der Waals surface area contributed by atoms with Crippen LogP contribution >= 0.6 is 23.2 Å². The number of ether oxygens (including phenoxy) is 3. The van der Waals surface area contributed by atoms with Crippen molar-refractivity contribution in [3.63, 3.8) is 0 Å². The van der Waals surface area contributed by atoms with Gasteiger partial charge in [0.05, 0.1) is 5.92 Å². The van der Waals surface area contributed by atoms with E-state index in [9.17, 15) is 0 Å². The fourth-order valence-corrected chi connectivity index (χ4v) is 3.21. The van der Waals surface area contributed by atoms with E-state index in [-0.39, 0.29) is 5.92 Å². The summed E-state index contributed by atoms with van der Waals surface area (Å²) in [5, 5.41) is 0. The summed E-state index contributed by atoms with van der Waals surface area (Å²) in [6, 6.07) is 0. The highest BCUT2D eigenvalue weighted by Gasteiger charge is 2.45. The zero-order valence-electron chi connectivity index (χ0n) is 14.7. The smallest absolute Gasteiger partial charge is 0.288 e. The van der Waals surface area contributed by atoms with Gasteiger partial charge in [-0.1, -0.05) is 45.4 Å². The summed E-state index contributed by atoms with van der Waals surface area (Å²) < 4.78 is 17.4. The SMILES string of the molecule is CCCCCCCCC(C(Cl)Cl)C(OCC)(OCC)OCC. The first-order valence-corrected chi connectivity index (χ1v) is 9.65. The van der Waals surface area contributed by atoms with Crippen LogP contribution in [0.4, 0.5) is 0 Å². The van der Waals surface area contributed by atoms with Crippen LogP contribution in [0.1, 0.15) is 72.6 Å². The Labute approximate surface area is 147 Å². The van der Waals surface area contributed by atoms with Gasteiger partial charge in [-0.25, -0.2) is 0 Å². The van der Waals surface area contributed by atoms with E-state index in [4.69, 9.17) is 37.4 Å². The third-order valence-electron chi connectivity index (χ3n) is 3.66. The summed E-state index contributed by atoms with van der Waals surface area (Å²) in [4.78, 5) is -0.583. The van der Waals surface area contributed by atoms with E-state index >= 15 is 0 Å². The Morgan fingerprint density at radius 3 is 1.59 bits per heavy atom. The number of hydrogen-bond acceptors (Lipinski definition) is 3. The molecule has 0 aromatic rings. The summed E-state index contributed by atoms with van der Waals surface area (Å²) in [7, 11) is 0. The molecule has 0 aliphatic heterocycles. The zero-order valence-corrected chi connectivity index (χ0v) is 16.2. The fourth-order valence-electron chi connectivity index (χ4n) is 2.65.